The number of nitrogens with zero attached hydrogens (tertiary/aromatic N) is 3. The Morgan fingerprint density at radius 3 is 1.04 bits per heavy atom. The lowest BCUT2D eigenvalue weighted by atomic mass is 10.1. The van der Waals surface area contributed by atoms with E-state index < -0.39 is 0 Å². The van der Waals surface area contributed by atoms with E-state index in [2.05, 4.69) is 111 Å². The van der Waals surface area contributed by atoms with Gasteiger partial charge in [0.1, 0.15) is 28.0 Å². The molecular weight excluding hydrogens is 1010 g/mol. The number of benzene rings is 6. The fraction of sp³-hybridized carbons (Fsp3) is 0.329. The molecule has 0 saturated carbocycles. The molecule has 1 aromatic heterocycles. The first-order valence-corrected chi connectivity index (χ1v) is 29.8. The Bertz CT molecular complexity index is 3270. The molecule has 8 heteroatoms. The third-order valence-electron chi connectivity index (χ3n) is 13.3. The van der Waals surface area contributed by atoms with E-state index in [1.165, 1.54) is 0 Å². The molecule has 0 aliphatic carbocycles. The van der Waals surface area contributed by atoms with E-state index in [1.54, 1.807) is 35.6 Å². The summed E-state index contributed by atoms with van der Waals surface area (Å²) in [7, 11) is 0. The van der Waals surface area contributed by atoms with Gasteiger partial charge in [0.15, 0.2) is 0 Å². The van der Waals surface area contributed by atoms with E-state index in [1.807, 2.05) is 79.0 Å². The van der Waals surface area contributed by atoms with Gasteiger partial charge in [-0.2, -0.15) is 10.5 Å². The first-order chi connectivity index (χ1) is 39.9. The lowest BCUT2D eigenvalue weighted by Crippen LogP contribution is -2.03. The molecule has 0 saturated heterocycles. The molecule has 81 heavy (non-hydrogen) atoms. The van der Waals surface area contributed by atoms with Gasteiger partial charge in [-0.05, 0) is 91.9 Å². The molecule has 0 atom stereocenters. The van der Waals surface area contributed by atoms with Crippen LogP contribution in [0.1, 0.15) is 186 Å². The predicted octanol–water partition coefficient (Wildman–Crippen LogP) is 17.7. The highest BCUT2D eigenvalue weighted by Gasteiger charge is 2.14. The molecule has 7 nitrogen and oxygen atoms in total. The van der Waals surface area contributed by atoms with Crippen LogP contribution in [0.3, 0.4) is 0 Å². The highest BCUT2D eigenvalue weighted by Crippen LogP contribution is 2.34. The van der Waals surface area contributed by atoms with Crippen LogP contribution in [0.4, 0.5) is 0 Å². The standard InChI is InChI=1S/C73H73N3O4S/c1-5-9-13-17-43-77-68-51-66(41-33-58-23-21-25-60(47-58)53-74)70(79-45-19-15-11-7-3)49-64(68)39-31-56-27-35-62(36-28-56)72-55-76-73(81-72)63-37-29-57(30-38-63)32-40-65-50-71(80-46-20-16-12-8-4)67(52-69(65)78-44-18-14-10-6-2)42-34-59-24-22-26-61(48-59)54-75/h21-30,35-38,47-52,55H,5-20,43-46H2,1-4H3. The van der Waals surface area contributed by atoms with Gasteiger partial charge in [-0.1, -0.05) is 189 Å². The second-order valence-electron chi connectivity index (χ2n) is 19.9. The zero-order valence-electron chi connectivity index (χ0n) is 47.6. The lowest BCUT2D eigenvalue weighted by molar-refractivity contribution is 0.295. The summed E-state index contributed by atoms with van der Waals surface area (Å²) in [5, 5.41) is 19.9. The van der Waals surface area contributed by atoms with Crippen molar-refractivity contribution in [3.63, 3.8) is 0 Å². The number of hydrogen-bond donors (Lipinski definition) is 0. The Kier molecular flexibility index (Phi) is 25.0. The lowest BCUT2D eigenvalue weighted by Gasteiger charge is -2.14. The Morgan fingerprint density at radius 2 is 0.691 bits per heavy atom. The zero-order chi connectivity index (χ0) is 56.7. The number of aromatic nitrogens is 1. The number of ether oxygens (including phenoxy) is 4. The SMILES string of the molecule is CCCCCCOc1cc(C#Cc2cccc(C#N)c2)c(OCCCCCC)cc1C#Cc1ccc(-c2cnc(-c3ccc(C#Cc4cc(OCCCCCC)c(C#Cc5cccc(C#N)c5)cc4OCCCCCC)cc3)s2)cc1. The van der Waals surface area contributed by atoms with Crippen LogP contribution >= 0.6 is 11.3 Å². The van der Waals surface area contributed by atoms with Crippen molar-refractivity contribution in [2.45, 2.75) is 130 Å². The van der Waals surface area contributed by atoms with Crippen molar-refractivity contribution in [1.29, 1.82) is 10.5 Å². The Labute approximate surface area is 486 Å². The third-order valence-corrected chi connectivity index (χ3v) is 14.4. The molecule has 7 aromatic rings. The van der Waals surface area contributed by atoms with E-state index >= 15 is 0 Å². The minimum atomic E-state index is 0.567. The molecule has 0 fully saturated rings. The minimum absolute atomic E-state index is 0.567. The largest absolute Gasteiger partial charge is 0.492 e. The molecule has 0 aliphatic rings. The number of unbranched alkanes of at least 4 members (excludes halogenated alkanes) is 12. The number of hydrogen-bond acceptors (Lipinski definition) is 8. The topological polar surface area (TPSA) is 97.4 Å². The highest BCUT2D eigenvalue weighted by molar-refractivity contribution is 7.18. The normalized spacial score (nSPS) is 10.3. The van der Waals surface area contributed by atoms with Crippen LogP contribution < -0.4 is 18.9 Å². The van der Waals surface area contributed by atoms with Crippen LogP contribution in [0.2, 0.25) is 0 Å². The van der Waals surface area contributed by atoms with Gasteiger partial charge in [0, 0.05) is 58.3 Å². The van der Waals surface area contributed by atoms with Crippen molar-refractivity contribution in [2.75, 3.05) is 26.4 Å². The van der Waals surface area contributed by atoms with E-state index in [9.17, 15) is 10.5 Å². The molecular formula is C73H73N3O4S. The van der Waals surface area contributed by atoms with E-state index in [0.717, 1.165) is 168 Å². The number of nitriles is 2. The number of thiazole rings is 1. The number of rotatable bonds is 26. The Balaban J connectivity index is 1.10. The molecule has 0 bridgehead atoms. The van der Waals surface area contributed by atoms with Gasteiger partial charge in [-0.15, -0.1) is 11.3 Å². The second kappa shape index (κ2) is 33.7. The molecule has 1 heterocycles. The Morgan fingerprint density at radius 1 is 0.358 bits per heavy atom. The average molecular weight is 1090 g/mol. The molecule has 0 spiro atoms. The monoisotopic (exact) mass is 1090 g/mol. The second-order valence-corrected chi connectivity index (χ2v) is 20.9. The highest BCUT2D eigenvalue weighted by atomic mass is 32.1. The molecule has 0 amide bonds. The summed E-state index contributed by atoms with van der Waals surface area (Å²) >= 11 is 1.64. The van der Waals surface area contributed by atoms with Crippen LogP contribution in [-0.2, 0) is 0 Å². The van der Waals surface area contributed by atoms with Gasteiger partial charge in [-0.3, -0.25) is 0 Å². The van der Waals surface area contributed by atoms with Crippen molar-refractivity contribution in [3.8, 4) is 104 Å². The quantitative estimate of drug-likeness (QED) is 0.0394. The summed E-state index contributed by atoms with van der Waals surface area (Å²) in [5.74, 6) is 29.5. The van der Waals surface area contributed by atoms with Gasteiger partial charge < -0.3 is 18.9 Å². The summed E-state index contributed by atoms with van der Waals surface area (Å²) in [6.07, 6.45) is 19.3. The van der Waals surface area contributed by atoms with Crippen molar-refractivity contribution in [1.82, 2.24) is 4.98 Å². The maximum absolute atomic E-state index is 9.47. The predicted molar refractivity (Wildman–Crippen MR) is 331 cm³/mol. The fourth-order valence-corrected chi connectivity index (χ4v) is 9.61. The van der Waals surface area contributed by atoms with Crippen molar-refractivity contribution in [2.24, 2.45) is 0 Å². The van der Waals surface area contributed by atoms with Crippen LogP contribution in [-0.4, -0.2) is 31.4 Å². The summed E-state index contributed by atoms with van der Waals surface area (Å²) in [4.78, 5) is 5.89. The molecule has 6 aromatic carbocycles. The van der Waals surface area contributed by atoms with Gasteiger partial charge >= 0.3 is 0 Å². The first kappa shape index (κ1) is 60.0. The Hall–Kier alpha value is -8.63. The van der Waals surface area contributed by atoms with Crippen molar-refractivity contribution < 1.29 is 18.9 Å². The van der Waals surface area contributed by atoms with Crippen LogP contribution in [0, 0.1) is 70.0 Å². The molecule has 410 valence electrons. The van der Waals surface area contributed by atoms with Crippen LogP contribution in [0.15, 0.2) is 128 Å². The maximum atomic E-state index is 9.47. The van der Waals surface area contributed by atoms with Crippen LogP contribution in [0.5, 0.6) is 23.0 Å². The maximum Gasteiger partial charge on any atom is 0.136 e. The van der Waals surface area contributed by atoms with E-state index in [0.29, 0.717) is 60.6 Å². The molecule has 7 rings (SSSR count). The first-order valence-electron chi connectivity index (χ1n) is 29.0. The smallest absolute Gasteiger partial charge is 0.136 e. The molecule has 0 unspecified atom stereocenters. The summed E-state index contributed by atoms with van der Waals surface area (Å²) in [5.41, 5.74) is 9.39. The van der Waals surface area contributed by atoms with Gasteiger partial charge in [0.2, 0.25) is 0 Å². The van der Waals surface area contributed by atoms with Gasteiger partial charge in [-0.25, -0.2) is 4.98 Å². The third kappa shape index (κ3) is 19.6. The molecule has 0 aliphatic heterocycles. The van der Waals surface area contributed by atoms with E-state index in [-0.39, 0.29) is 0 Å². The average Bonchev–Trinajstić information content (AvgIpc) is 4.01. The van der Waals surface area contributed by atoms with Gasteiger partial charge in [0.25, 0.3) is 0 Å². The minimum Gasteiger partial charge on any atom is -0.492 e. The summed E-state index contributed by atoms with van der Waals surface area (Å²) < 4.78 is 25.7. The van der Waals surface area contributed by atoms with Crippen LogP contribution in [0.25, 0.3) is 21.0 Å². The van der Waals surface area contributed by atoms with E-state index in [4.69, 9.17) is 23.9 Å². The molecule has 0 N–H and O–H groups in total. The zero-order valence-corrected chi connectivity index (χ0v) is 48.5. The van der Waals surface area contributed by atoms with Crippen molar-refractivity contribution in [3.05, 3.63) is 183 Å². The molecule has 0 radical (unpaired) electrons. The van der Waals surface area contributed by atoms with Crippen molar-refractivity contribution >= 4 is 11.3 Å². The summed E-state index contributed by atoms with van der Waals surface area (Å²) in [6, 6.07) is 43.4. The fourth-order valence-electron chi connectivity index (χ4n) is 8.68. The summed E-state index contributed by atoms with van der Waals surface area (Å²) in [6.45, 7) is 11.1. The van der Waals surface area contributed by atoms with Gasteiger partial charge in [0.05, 0.1) is 76.8 Å².